The highest BCUT2D eigenvalue weighted by molar-refractivity contribution is 7.80. The molecule has 128 valence electrons. The molecule has 0 saturated carbocycles. The Morgan fingerprint density at radius 3 is 3.00 bits per heavy atom. The van der Waals surface area contributed by atoms with Gasteiger partial charge >= 0.3 is 0 Å². The van der Waals surface area contributed by atoms with E-state index < -0.39 is 11.7 Å². The number of hydrogen-bond acceptors (Lipinski definition) is 4. The van der Waals surface area contributed by atoms with Gasteiger partial charge in [0.15, 0.2) is 5.11 Å². The summed E-state index contributed by atoms with van der Waals surface area (Å²) in [5.41, 5.74) is 5.08. The smallest absolute Gasteiger partial charge is 0.281 e. The summed E-state index contributed by atoms with van der Waals surface area (Å²) in [4.78, 5) is 12.5. The normalized spacial score (nSPS) is 17.0. The minimum absolute atomic E-state index is 0.102. The molecule has 1 unspecified atom stereocenters. The Morgan fingerprint density at radius 2 is 2.29 bits per heavy atom. The lowest BCUT2D eigenvalue weighted by atomic mass is 10.2. The minimum Gasteiger partial charge on any atom is -0.376 e. The average molecular weight is 388 g/mol. The van der Waals surface area contributed by atoms with E-state index in [9.17, 15) is 9.18 Å². The molecule has 9 heteroatoms. The highest BCUT2D eigenvalue weighted by Crippen LogP contribution is 2.36. The lowest BCUT2D eigenvalue weighted by molar-refractivity contribution is 0.0947. The maximum atomic E-state index is 13.8. The first-order valence-electron chi connectivity index (χ1n) is 7.38. The van der Waals surface area contributed by atoms with Crippen LogP contribution < -0.4 is 16.2 Å². The molecule has 2 aromatic rings. The van der Waals surface area contributed by atoms with Gasteiger partial charge in [-0.2, -0.15) is 0 Å². The van der Waals surface area contributed by atoms with Crippen molar-refractivity contribution in [1.82, 2.24) is 16.2 Å². The van der Waals surface area contributed by atoms with Crippen molar-refractivity contribution in [1.29, 1.82) is 0 Å². The number of halogens is 2. The average Bonchev–Trinajstić information content (AvgIpc) is 3.19. The molecular weight excluding hydrogens is 373 g/mol. The molecule has 1 amide bonds. The molecule has 3 N–H and O–H groups in total. The van der Waals surface area contributed by atoms with Crippen LogP contribution in [0, 0.1) is 5.82 Å². The second-order valence-electron chi connectivity index (χ2n) is 5.28. The van der Waals surface area contributed by atoms with E-state index in [1.54, 1.807) is 12.1 Å². The summed E-state index contributed by atoms with van der Waals surface area (Å²) in [6.45, 7) is 1.35. The minimum atomic E-state index is -0.470. The summed E-state index contributed by atoms with van der Waals surface area (Å²) in [6, 6.07) is 4.60. The van der Waals surface area contributed by atoms with Crippen molar-refractivity contribution >= 4 is 56.3 Å². The second-order valence-corrected chi connectivity index (χ2v) is 7.12. The van der Waals surface area contributed by atoms with Gasteiger partial charge in [0.05, 0.1) is 11.1 Å². The van der Waals surface area contributed by atoms with Crippen LogP contribution in [-0.4, -0.2) is 30.3 Å². The predicted molar refractivity (Wildman–Crippen MR) is 97.0 cm³/mol. The third-order valence-corrected chi connectivity index (χ3v) is 5.51. The molecule has 1 aromatic heterocycles. The molecule has 3 rings (SSSR count). The zero-order chi connectivity index (χ0) is 17.1. The SMILES string of the molecule is O=C(NNC(=S)NCC1CCCO1)c1sc2cccc(F)c2c1Cl. The molecule has 1 saturated heterocycles. The van der Waals surface area contributed by atoms with Crippen molar-refractivity contribution in [2.45, 2.75) is 18.9 Å². The molecular formula is C15H15ClFN3O2S2. The van der Waals surface area contributed by atoms with Gasteiger partial charge in [-0.3, -0.25) is 15.6 Å². The molecule has 1 aliphatic heterocycles. The van der Waals surface area contributed by atoms with Gasteiger partial charge in [-0.1, -0.05) is 17.7 Å². The summed E-state index contributed by atoms with van der Waals surface area (Å²) in [5.74, 6) is -0.920. The van der Waals surface area contributed by atoms with E-state index in [2.05, 4.69) is 16.2 Å². The number of carbonyl (C=O) groups excluding carboxylic acids is 1. The number of fused-ring (bicyclic) bond motifs is 1. The fourth-order valence-corrected chi connectivity index (χ4v) is 4.03. The van der Waals surface area contributed by atoms with E-state index in [0.717, 1.165) is 30.8 Å². The largest absolute Gasteiger partial charge is 0.376 e. The number of thiophene rings is 1. The predicted octanol–water partition coefficient (Wildman–Crippen LogP) is 2.98. The van der Waals surface area contributed by atoms with Gasteiger partial charge in [-0.15, -0.1) is 11.3 Å². The third kappa shape index (κ3) is 3.77. The standard InChI is InChI=1S/C15H15ClFN3O2S2/c16-12-11-9(17)4-1-5-10(11)24-13(12)14(21)19-20-15(23)18-7-8-3-2-6-22-8/h1,4-5,8H,2-3,6-7H2,(H,19,21)(H2,18,20,23). The lowest BCUT2D eigenvalue weighted by Crippen LogP contribution is -2.48. The number of amides is 1. The Bertz CT molecular complexity index is 777. The van der Waals surface area contributed by atoms with Crippen LogP contribution in [0.3, 0.4) is 0 Å². The second kappa shape index (κ2) is 7.60. The van der Waals surface area contributed by atoms with Crippen LogP contribution in [0.1, 0.15) is 22.5 Å². The highest BCUT2D eigenvalue weighted by atomic mass is 35.5. The summed E-state index contributed by atoms with van der Waals surface area (Å²) >= 11 is 12.4. The molecule has 1 aliphatic rings. The van der Waals surface area contributed by atoms with Gasteiger partial charge in [-0.05, 0) is 37.2 Å². The molecule has 0 spiro atoms. The molecule has 0 aliphatic carbocycles. The first-order chi connectivity index (χ1) is 11.6. The molecule has 1 fully saturated rings. The Morgan fingerprint density at radius 1 is 1.46 bits per heavy atom. The number of nitrogens with one attached hydrogen (secondary N) is 3. The van der Waals surface area contributed by atoms with Crippen molar-refractivity contribution < 1.29 is 13.9 Å². The Hall–Kier alpha value is -1.48. The van der Waals surface area contributed by atoms with E-state index in [4.69, 9.17) is 28.6 Å². The molecule has 5 nitrogen and oxygen atoms in total. The number of benzene rings is 1. The number of rotatable bonds is 3. The number of carbonyl (C=O) groups is 1. The van der Waals surface area contributed by atoms with Gasteiger partial charge in [0, 0.05) is 23.2 Å². The van der Waals surface area contributed by atoms with Crippen molar-refractivity contribution in [2.75, 3.05) is 13.2 Å². The maximum Gasteiger partial charge on any atom is 0.281 e. The maximum absolute atomic E-state index is 13.8. The molecule has 0 radical (unpaired) electrons. The topological polar surface area (TPSA) is 62.4 Å². The monoisotopic (exact) mass is 387 g/mol. The van der Waals surface area contributed by atoms with Gasteiger partial charge < -0.3 is 10.1 Å². The van der Waals surface area contributed by atoms with Crippen molar-refractivity contribution in [2.24, 2.45) is 0 Å². The Labute approximate surface area is 152 Å². The quantitative estimate of drug-likeness (QED) is 0.558. The Kier molecular flexibility index (Phi) is 5.50. The van der Waals surface area contributed by atoms with E-state index in [0.29, 0.717) is 11.2 Å². The van der Waals surface area contributed by atoms with Crippen molar-refractivity contribution in [3.8, 4) is 0 Å². The summed E-state index contributed by atoms with van der Waals surface area (Å²) in [5, 5.41) is 3.61. The van der Waals surface area contributed by atoms with Crippen LogP contribution in [0.5, 0.6) is 0 Å². The molecule has 2 heterocycles. The van der Waals surface area contributed by atoms with Gasteiger partial charge in [0.1, 0.15) is 10.7 Å². The zero-order valence-electron chi connectivity index (χ0n) is 12.5. The summed E-state index contributed by atoms with van der Waals surface area (Å²) in [6.07, 6.45) is 2.18. The summed E-state index contributed by atoms with van der Waals surface area (Å²) in [7, 11) is 0. The molecule has 1 aromatic carbocycles. The third-order valence-electron chi connectivity index (χ3n) is 3.62. The first kappa shape index (κ1) is 17.3. The van der Waals surface area contributed by atoms with E-state index in [1.165, 1.54) is 6.07 Å². The van der Waals surface area contributed by atoms with Gasteiger partial charge in [0.25, 0.3) is 5.91 Å². The number of hydrazine groups is 1. The fraction of sp³-hybridized carbons (Fsp3) is 0.333. The molecule has 1 atom stereocenters. The van der Waals surface area contributed by atoms with E-state index in [-0.39, 0.29) is 26.5 Å². The number of ether oxygens (including phenoxy) is 1. The van der Waals surface area contributed by atoms with Gasteiger partial charge in [-0.25, -0.2) is 4.39 Å². The van der Waals surface area contributed by atoms with E-state index in [1.807, 2.05) is 0 Å². The summed E-state index contributed by atoms with van der Waals surface area (Å²) < 4.78 is 19.9. The first-order valence-corrected chi connectivity index (χ1v) is 8.99. The highest BCUT2D eigenvalue weighted by Gasteiger charge is 2.20. The van der Waals surface area contributed by atoms with Crippen LogP contribution in [0.4, 0.5) is 4.39 Å². The van der Waals surface area contributed by atoms with Crippen LogP contribution in [0.25, 0.3) is 10.1 Å². The van der Waals surface area contributed by atoms with Gasteiger partial charge in [0.2, 0.25) is 0 Å². The number of hydrogen-bond donors (Lipinski definition) is 3. The van der Waals surface area contributed by atoms with E-state index >= 15 is 0 Å². The lowest BCUT2D eigenvalue weighted by Gasteiger charge is -2.14. The fourth-order valence-electron chi connectivity index (χ4n) is 2.44. The Balaban J connectivity index is 1.58. The number of thiocarbonyl (C=S) groups is 1. The van der Waals surface area contributed by atoms with Crippen molar-refractivity contribution in [3.63, 3.8) is 0 Å². The zero-order valence-corrected chi connectivity index (χ0v) is 14.9. The molecule has 0 bridgehead atoms. The van der Waals surface area contributed by atoms with Crippen LogP contribution in [0.2, 0.25) is 5.02 Å². The van der Waals surface area contributed by atoms with Crippen LogP contribution in [-0.2, 0) is 4.74 Å². The molecule has 24 heavy (non-hydrogen) atoms. The van der Waals surface area contributed by atoms with Crippen molar-refractivity contribution in [3.05, 3.63) is 33.9 Å². The van der Waals surface area contributed by atoms with Crippen LogP contribution >= 0.6 is 35.2 Å². The van der Waals surface area contributed by atoms with Crippen LogP contribution in [0.15, 0.2) is 18.2 Å².